The van der Waals surface area contributed by atoms with Gasteiger partial charge in [0.15, 0.2) is 0 Å². The molecule has 1 aliphatic heterocycles. The fraction of sp³-hybridized carbons (Fsp3) is 0.286. The maximum Gasteiger partial charge on any atom is 0.299 e. The zero-order valence-corrected chi connectivity index (χ0v) is 12.4. The Morgan fingerprint density at radius 3 is 2.64 bits per heavy atom. The molecule has 0 unspecified atom stereocenters. The first-order valence-electron chi connectivity index (χ1n) is 6.81. The molecule has 0 aliphatic carbocycles. The molecule has 0 amide bonds. The molecule has 1 saturated heterocycles. The van der Waals surface area contributed by atoms with Gasteiger partial charge in [-0.05, 0) is 30.4 Å². The smallest absolute Gasteiger partial charge is 0.299 e. The predicted octanol–water partition coefficient (Wildman–Crippen LogP) is 3.91. The average Bonchev–Trinajstić information content (AvgIpc) is 3.17. The number of hydrogen-bond acceptors (Lipinski definition) is 6. The second-order valence-electron chi connectivity index (χ2n) is 5.05. The molecule has 1 fully saturated rings. The van der Waals surface area contributed by atoms with Crippen molar-refractivity contribution in [1.29, 1.82) is 0 Å². The molecular formula is C14H13N3O4S. The van der Waals surface area contributed by atoms with Crippen molar-refractivity contribution in [3.8, 4) is 0 Å². The number of nitro benzene ring substituents is 2. The number of rotatable bonds is 4. The van der Waals surface area contributed by atoms with E-state index in [0.717, 1.165) is 23.8 Å². The van der Waals surface area contributed by atoms with E-state index >= 15 is 0 Å². The average molecular weight is 319 g/mol. The summed E-state index contributed by atoms with van der Waals surface area (Å²) in [5, 5.41) is 24.1. The molecule has 7 nitrogen and oxygen atoms in total. The third-order valence-corrected chi connectivity index (χ3v) is 4.77. The largest absolute Gasteiger partial charge is 0.358 e. The molecule has 2 heterocycles. The minimum Gasteiger partial charge on any atom is -0.358 e. The highest BCUT2D eigenvalue weighted by Crippen LogP contribution is 2.42. The lowest BCUT2D eigenvalue weighted by Crippen LogP contribution is -2.22. The van der Waals surface area contributed by atoms with Crippen LogP contribution in [0.5, 0.6) is 0 Å². The number of non-ortho nitro benzene ring substituents is 1. The summed E-state index contributed by atoms with van der Waals surface area (Å²) in [6, 6.07) is 7.93. The predicted molar refractivity (Wildman–Crippen MR) is 83.4 cm³/mol. The topological polar surface area (TPSA) is 89.5 Å². The molecule has 0 radical (unpaired) electrons. The van der Waals surface area contributed by atoms with Crippen LogP contribution in [0.1, 0.15) is 23.8 Å². The van der Waals surface area contributed by atoms with Crippen LogP contribution in [-0.4, -0.2) is 16.4 Å². The van der Waals surface area contributed by atoms with Crippen LogP contribution < -0.4 is 4.90 Å². The molecule has 8 heteroatoms. The summed E-state index contributed by atoms with van der Waals surface area (Å²) in [7, 11) is 0. The van der Waals surface area contributed by atoms with Crippen molar-refractivity contribution in [3.63, 3.8) is 0 Å². The summed E-state index contributed by atoms with van der Waals surface area (Å²) in [6.07, 6.45) is 1.87. The Morgan fingerprint density at radius 1 is 1.18 bits per heavy atom. The van der Waals surface area contributed by atoms with Gasteiger partial charge in [-0.3, -0.25) is 20.2 Å². The van der Waals surface area contributed by atoms with E-state index in [1.165, 1.54) is 12.1 Å². The summed E-state index contributed by atoms with van der Waals surface area (Å²) in [5.41, 5.74) is -0.0218. The SMILES string of the molecule is O=[N+]([O-])c1ccc(N2CCC[C@@H]2c2cccs2)c([N+](=O)[O-])c1. The minimum absolute atomic E-state index is 0.0974. The third-order valence-electron chi connectivity index (χ3n) is 3.80. The Kier molecular flexibility index (Phi) is 3.76. The summed E-state index contributed by atoms with van der Waals surface area (Å²) in [5.74, 6) is 0. The number of anilines is 1. The molecule has 114 valence electrons. The van der Waals surface area contributed by atoms with Crippen molar-refractivity contribution in [2.24, 2.45) is 0 Å². The van der Waals surface area contributed by atoms with Crippen molar-refractivity contribution in [2.45, 2.75) is 18.9 Å². The van der Waals surface area contributed by atoms with Crippen LogP contribution in [0, 0.1) is 20.2 Å². The second-order valence-corrected chi connectivity index (χ2v) is 6.03. The maximum atomic E-state index is 11.3. The van der Waals surface area contributed by atoms with Crippen LogP contribution in [-0.2, 0) is 0 Å². The molecule has 22 heavy (non-hydrogen) atoms. The van der Waals surface area contributed by atoms with E-state index in [9.17, 15) is 20.2 Å². The molecule has 1 aromatic carbocycles. The zero-order chi connectivity index (χ0) is 15.7. The van der Waals surface area contributed by atoms with Gasteiger partial charge in [0.2, 0.25) is 0 Å². The fourth-order valence-corrected chi connectivity index (χ4v) is 3.72. The standard InChI is InChI=1S/C14H13N3O4S/c18-16(19)10-5-6-11(13(9-10)17(20)21)15-7-1-3-12(15)14-4-2-8-22-14/h2,4-6,8-9,12H,1,3,7H2/t12-/m1/s1. The molecule has 0 saturated carbocycles. The van der Waals surface area contributed by atoms with Gasteiger partial charge in [-0.15, -0.1) is 11.3 Å². The van der Waals surface area contributed by atoms with Crippen molar-refractivity contribution >= 4 is 28.4 Å². The van der Waals surface area contributed by atoms with Gasteiger partial charge in [0.25, 0.3) is 11.4 Å². The normalized spacial score (nSPS) is 17.6. The van der Waals surface area contributed by atoms with Crippen molar-refractivity contribution in [2.75, 3.05) is 11.4 Å². The summed E-state index contributed by atoms with van der Waals surface area (Å²) in [6.45, 7) is 0.710. The molecule has 0 N–H and O–H groups in total. The molecular weight excluding hydrogens is 306 g/mol. The van der Waals surface area contributed by atoms with Gasteiger partial charge < -0.3 is 4.90 Å². The number of nitrogens with zero attached hydrogens (tertiary/aromatic N) is 3. The van der Waals surface area contributed by atoms with Crippen LogP contribution in [0.2, 0.25) is 0 Å². The van der Waals surface area contributed by atoms with Gasteiger partial charge in [0, 0.05) is 17.5 Å². The molecule has 1 atom stereocenters. The first-order chi connectivity index (χ1) is 10.6. The molecule has 0 spiro atoms. The third kappa shape index (κ3) is 2.52. The molecule has 3 rings (SSSR count). The van der Waals surface area contributed by atoms with E-state index in [1.54, 1.807) is 11.3 Å². The van der Waals surface area contributed by atoms with E-state index in [-0.39, 0.29) is 17.4 Å². The highest BCUT2D eigenvalue weighted by Gasteiger charge is 2.32. The lowest BCUT2D eigenvalue weighted by atomic mass is 10.1. The maximum absolute atomic E-state index is 11.3. The lowest BCUT2D eigenvalue weighted by molar-refractivity contribution is -0.393. The summed E-state index contributed by atoms with van der Waals surface area (Å²) >= 11 is 1.62. The van der Waals surface area contributed by atoms with Crippen LogP contribution in [0.15, 0.2) is 35.7 Å². The van der Waals surface area contributed by atoms with Gasteiger partial charge in [0.05, 0.1) is 22.0 Å². The molecule has 1 aromatic heterocycles. The lowest BCUT2D eigenvalue weighted by Gasteiger charge is -2.25. The van der Waals surface area contributed by atoms with E-state index < -0.39 is 9.85 Å². The number of nitro groups is 2. The van der Waals surface area contributed by atoms with Gasteiger partial charge in [-0.25, -0.2) is 0 Å². The van der Waals surface area contributed by atoms with Crippen LogP contribution in [0.4, 0.5) is 17.1 Å². The first kappa shape index (κ1) is 14.5. The van der Waals surface area contributed by atoms with E-state index in [2.05, 4.69) is 0 Å². The van der Waals surface area contributed by atoms with Crippen molar-refractivity contribution in [3.05, 3.63) is 60.8 Å². The second kappa shape index (κ2) is 5.72. The Bertz CT molecular complexity index is 717. The highest BCUT2D eigenvalue weighted by atomic mass is 32.1. The monoisotopic (exact) mass is 319 g/mol. The Labute approximate surface area is 130 Å². The van der Waals surface area contributed by atoms with Crippen LogP contribution >= 0.6 is 11.3 Å². The number of benzene rings is 1. The van der Waals surface area contributed by atoms with Gasteiger partial charge in [0.1, 0.15) is 5.69 Å². The van der Waals surface area contributed by atoms with Crippen LogP contribution in [0.3, 0.4) is 0 Å². The molecule has 0 bridgehead atoms. The summed E-state index contributed by atoms with van der Waals surface area (Å²) in [4.78, 5) is 24.1. The Balaban J connectivity index is 2.03. The van der Waals surface area contributed by atoms with Crippen molar-refractivity contribution < 1.29 is 9.85 Å². The zero-order valence-electron chi connectivity index (χ0n) is 11.5. The van der Waals surface area contributed by atoms with Crippen molar-refractivity contribution in [1.82, 2.24) is 0 Å². The number of thiophene rings is 1. The van der Waals surface area contributed by atoms with Crippen LogP contribution in [0.25, 0.3) is 0 Å². The summed E-state index contributed by atoms with van der Waals surface area (Å²) < 4.78 is 0. The Morgan fingerprint density at radius 2 is 2.00 bits per heavy atom. The highest BCUT2D eigenvalue weighted by molar-refractivity contribution is 7.10. The van der Waals surface area contributed by atoms with E-state index in [0.29, 0.717) is 12.2 Å². The van der Waals surface area contributed by atoms with E-state index in [1.807, 2.05) is 22.4 Å². The van der Waals surface area contributed by atoms with Gasteiger partial charge in [-0.1, -0.05) is 6.07 Å². The minimum atomic E-state index is -0.614. The van der Waals surface area contributed by atoms with E-state index in [4.69, 9.17) is 0 Å². The molecule has 1 aliphatic rings. The van der Waals surface area contributed by atoms with Gasteiger partial charge >= 0.3 is 0 Å². The quantitative estimate of drug-likeness (QED) is 0.629. The number of hydrogen-bond donors (Lipinski definition) is 0. The first-order valence-corrected chi connectivity index (χ1v) is 7.69. The fourth-order valence-electron chi connectivity index (χ4n) is 2.85. The van der Waals surface area contributed by atoms with Gasteiger partial charge in [-0.2, -0.15) is 0 Å². The molecule has 2 aromatic rings. The Hall–Kier alpha value is -2.48.